The van der Waals surface area contributed by atoms with Gasteiger partial charge >= 0.3 is 0 Å². The van der Waals surface area contributed by atoms with Crippen molar-refractivity contribution in [3.8, 4) is 0 Å². The van der Waals surface area contributed by atoms with Crippen LogP contribution in [0.3, 0.4) is 0 Å². The van der Waals surface area contributed by atoms with E-state index < -0.39 is 0 Å². The number of nitro groups is 1. The Morgan fingerprint density at radius 3 is 2.52 bits per heavy atom. The summed E-state index contributed by atoms with van der Waals surface area (Å²) in [5, 5.41) is 17.4. The second-order valence-corrected chi connectivity index (χ2v) is 8.45. The average Bonchev–Trinajstić information content (AvgIpc) is 2.82. The summed E-state index contributed by atoms with van der Waals surface area (Å²) in [6.07, 6.45) is 3.72. The standard InChI is InChI=1S/C25H34N4O4/c1-3-28(22-7-5-4-6-8-22)16-15-26-25(30)18-33-23-12-9-20(10-13-23)27-21-11-14-24(29(31)32)19(2)17-21/h4-8,11,14,17,20,23,27H,3,9-10,12-13,15-16,18H2,1-2H3,(H,26,30). The van der Waals surface area contributed by atoms with Crippen molar-refractivity contribution >= 4 is 23.0 Å². The summed E-state index contributed by atoms with van der Waals surface area (Å²) in [5.41, 5.74) is 2.84. The first-order valence-electron chi connectivity index (χ1n) is 11.7. The van der Waals surface area contributed by atoms with Crippen LogP contribution < -0.4 is 15.5 Å². The predicted molar refractivity (Wildman–Crippen MR) is 131 cm³/mol. The van der Waals surface area contributed by atoms with Gasteiger partial charge in [-0.1, -0.05) is 18.2 Å². The van der Waals surface area contributed by atoms with Crippen molar-refractivity contribution in [2.45, 2.75) is 51.7 Å². The van der Waals surface area contributed by atoms with Gasteiger partial charge in [0, 0.05) is 48.7 Å². The molecule has 1 aliphatic rings. The number of carbonyl (C=O) groups is 1. The Hall–Kier alpha value is -3.13. The minimum Gasteiger partial charge on any atom is -0.382 e. The molecule has 178 valence electrons. The molecule has 33 heavy (non-hydrogen) atoms. The van der Waals surface area contributed by atoms with E-state index in [1.165, 1.54) is 0 Å². The quantitative estimate of drug-likeness (QED) is 0.388. The van der Waals surface area contributed by atoms with Crippen LogP contribution in [0.4, 0.5) is 17.1 Å². The molecule has 1 saturated carbocycles. The van der Waals surface area contributed by atoms with Gasteiger partial charge in [-0.05, 0) is 63.8 Å². The number of aryl methyl sites for hydroxylation is 1. The van der Waals surface area contributed by atoms with E-state index in [1.54, 1.807) is 19.1 Å². The molecule has 3 rings (SSSR count). The number of para-hydroxylation sites is 1. The fraction of sp³-hybridized carbons (Fsp3) is 0.480. The molecular formula is C25H34N4O4. The normalized spacial score (nSPS) is 17.9. The van der Waals surface area contributed by atoms with E-state index in [4.69, 9.17) is 4.74 Å². The van der Waals surface area contributed by atoms with E-state index in [2.05, 4.69) is 34.6 Å². The Labute approximate surface area is 195 Å². The number of carbonyl (C=O) groups excluding carboxylic acids is 1. The molecule has 1 fully saturated rings. The molecule has 0 unspecified atom stereocenters. The lowest BCUT2D eigenvalue weighted by Crippen LogP contribution is -2.38. The van der Waals surface area contributed by atoms with Gasteiger partial charge in [0.05, 0.1) is 11.0 Å². The van der Waals surface area contributed by atoms with Gasteiger partial charge in [-0.2, -0.15) is 0 Å². The van der Waals surface area contributed by atoms with Crippen molar-refractivity contribution in [3.05, 3.63) is 64.2 Å². The number of anilines is 2. The van der Waals surface area contributed by atoms with E-state index in [0.29, 0.717) is 18.2 Å². The topological polar surface area (TPSA) is 96.7 Å². The first-order chi connectivity index (χ1) is 16.0. The molecule has 0 bridgehead atoms. The highest BCUT2D eigenvalue weighted by Crippen LogP contribution is 2.27. The highest BCUT2D eigenvalue weighted by atomic mass is 16.6. The Morgan fingerprint density at radius 1 is 1.15 bits per heavy atom. The Morgan fingerprint density at radius 2 is 1.88 bits per heavy atom. The van der Waals surface area contributed by atoms with E-state index in [1.807, 2.05) is 24.3 Å². The first kappa shape index (κ1) is 24.5. The lowest BCUT2D eigenvalue weighted by molar-refractivity contribution is -0.385. The van der Waals surface area contributed by atoms with Gasteiger partial charge in [0.15, 0.2) is 0 Å². The van der Waals surface area contributed by atoms with Crippen molar-refractivity contribution in [1.29, 1.82) is 0 Å². The third-order valence-corrected chi connectivity index (χ3v) is 6.10. The SMILES string of the molecule is CCN(CCNC(=O)COC1CCC(Nc2ccc([N+](=O)[O-])c(C)c2)CC1)c1ccccc1. The lowest BCUT2D eigenvalue weighted by atomic mass is 9.92. The van der Waals surface area contributed by atoms with Gasteiger partial charge in [-0.3, -0.25) is 14.9 Å². The molecule has 0 aromatic heterocycles. The zero-order valence-corrected chi connectivity index (χ0v) is 19.5. The van der Waals surface area contributed by atoms with E-state index >= 15 is 0 Å². The molecule has 0 spiro atoms. The van der Waals surface area contributed by atoms with Gasteiger partial charge in [0.1, 0.15) is 6.61 Å². The second kappa shape index (κ2) is 12.2. The number of nitrogens with one attached hydrogen (secondary N) is 2. The van der Waals surface area contributed by atoms with Crippen LogP contribution in [0.2, 0.25) is 0 Å². The fourth-order valence-electron chi connectivity index (χ4n) is 4.24. The molecule has 0 aliphatic heterocycles. The zero-order valence-electron chi connectivity index (χ0n) is 19.5. The highest BCUT2D eigenvalue weighted by molar-refractivity contribution is 5.77. The van der Waals surface area contributed by atoms with Crippen molar-refractivity contribution in [3.63, 3.8) is 0 Å². The maximum absolute atomic E-state index is 12.2. The third kappa shape index (κ3) is 7.46. The van der Waals surface area contributed by atoms with Gasteiger partial charge in [-0.25, -0.2) is 0 Å². The number of rotatable bonds is 11. The van der Waals surface area contributed by atoms with Crippen molar-refractivity contribution < 1.29 is 14.5 Å². The zero-order chi connectivity index (χ0) is 23.6. The molecule has 2 aromatic rings. The van der Waals surface area contributed by atoms with Crippen molar-refractivity contribution in [2.75, 3.05) is 36.5 Å². The average molecular weight is 455 g/mol. The number of likely N-dealkylation sites (N-methyl/N-ethyl adjacent to an activating group) is 1. The van der Waals surface area contributed by atoms with Crippen LogP contribution in [-0.4, -0.2) is 49.2 Å². The molecule has 0 radical (unpaired) electrons. The maximum atomic E-state index is 12.2. The minimum atomic E-state index is -0.360. The number of amides is 1. The number of hydrogen-bond acceptors (Lipinski definition) is 6. The van der Waals surface area contributed by atoms with Crippen LogP contribution in [0.15, 0.2) is 48.5 Å². The van der Waals surface area contributed by atoms with Crippen LogP contribution in [-0.2, 0) is 9.53 Å². The van der Waals surface area contributed by atoms with Crippen LogP contribution in [0.25, 0.3) is 0 Å². The number of ether oxygens (including phenoxy) is 1. The molecular weight excluding hydrogens is 420 g/mol. The summed E-state index contributed by atoms with van der Waals surface area (Å²) in [4.78, 5) is 25.0. The molecule has 1 aliphatic carbocycles. The summed E-state index contributed by atoms with van der Waals surface area (Å²) in [7, 11) is 0. The largest absolute Gasteiger partial charge is 0.382 e. The van der Waals surface area contributed by atoms with Crippen LogP contribution in [0.5, 0.6) is 0 Å². The molecule has 2 N–H and O–H groups in total. The van der Waals surface area contributed by atoms with Crippen molar-refractivity contribution in [2.24, 2.45) is 0 Å². The molecule has 8 heteroatoms. The summed E-state index contributed by atoms with van der Waals surface area (Å²) in [5.74, 6) is -0.0827. The van der Waals surface area contributed by atoms with Crippen LogP contribution >= 0.6 is 0 Å². The first-order valence-corrected chi connectivity index (χ1v) is 11.7. The Bertz CT molecular complexity index is 914. The molecule has 8 nitrogen and oxygen atoms in total. The smallest absolute Gasteiger partial charge is 0.272 e. The Kier molecular flexibility index (Phi) is 9.06. The third-order valence-electron chi connectivity index (χ3n) is 6.10. The van der Waals surface area contributed by atoms with Crippen LogP contribution in [0, 0.1) is 17.0 Å². The minimum absolute atomic E-state index is 0.0827. The summed E-state index contributed by atoms with van der Waals surface area (Å²) >= 11 is 0. The highest BCUT2D eigenvalue weighted by Gasteiger charge is 2.22. The van der Waals surface area contributed by atoms with Gasteiger partial charge < -0.3 is 20.3 Å². The summed E-state index contributed by atoms with van der Waals surface area (Å²) in [6.45, 7) is 6.16. The monoisotopic (exact) mass is 454 g/mol. The van der Waals surface area contributed by atoms with Gasteiger partial charge in [0.2, 0.25) is 5.91 Å². The fourth-order valence-corrected chi connectivity index (χ4v) is 4.24. The predicted octanol–water partition coefficient (Wildman–Crippen LogP) is 4.29. The summed E-state index contributed by atoms with van der Waals surface area (Å²) < 4.78 is 5.84. The number of hydrogen-bond donors (Lipinski definition) is 2. The molecule has 0 heterocycles. The molecule has 0 atom stereocenters. The number of nitro benzene ring substituents is 1. The van der Waals surface area contributed by atoms with E-state index in [9.17, 15) is 14.9 Å². The van der Waals surface area contributed by atoms with Crippen LogP contribution in [0.1, 0.15) is 38.2 Å². The van der Waals surface area contributed by atoms with Crippen molar-refractivity contribution in [1.82, 2.24) is 5.32 Å². The van der Waals surface area contributed by atoms with Gasteiger partial charge in [0.25, 0.3) is 5.69 Å². The summed E-state index contributed by atoms with van der Waals surface area (Å²) in [6, 6.07) is 15.6. The second-order valence-electron chi connectivity index (χ2n) is 8.45. The maximum Gasteiger partial charge on any atom is 0.272 e. The van der Waals surface area contributed by atoms with E-state index in [0.717, 1.165) is 50.1 Å². The number of nitrogens with zero attached hydrogens (tertiary/aromatic N) is 2. The molecule has 2 aromatic carbocycles. The lowest BCUT2D eigenvalue weighted by Gasteiger charge is -2.29. The molecule has 0 saturated heterocycles. The van der Waals surface area contributed by atoms with E-state index in [-0.39, 0.29) is 29.2 Å². The van der Waals surface area contributed by atoms with Gasteiger partial charge in [-0.15, -0.1) is 0 Å². The number of benzene rings is 2. The Balaban J connectivity index is 1.33. The molecule has 1 amide bonds.